The summed E-state index contributed by atoms with van der Waals surface area (Å²) in [6, 6.07) is 12.9. The quantitative estimate of drug-likeness (QED) is 0.675. The molecule has 138 valence electrons. The zero-order chi connectivity index (χ0) is 19.6. The van der Waals surface area contributed by atoms with Crippen LogP contribution in [0.1, 0.15) is 20.8 Å². The third kappa shape index (κ3) is 3.94. The molecule has 0 saturated carbocycles. The molecule has 0 aliphatic carbocycles. The Morgan fingerprint density at radius 1 is 0.963 bits per heavy atom. The molecular formula is C18H13Cl2FN4O2. The first-order chi connectivity index (χ1) is 12.9. The number of hydrogen-bond donors (Lipinski definition) is 2. The predicted octanol–water partition coefficient (Wildman–Crippen LogP) is 4.37. The third-order valence-electron chi connectivity index (χ3n) is 3.68. The Labute approximate surface area is 163 Å². The van der Waals surface area contributed by atoms with E-state index in [9.17, 15) is 14.0 Å². The smallest absolute Gasteiger partial charge is 0.279 e. The molecule has 6 nitrogen and oxygen atoms in total. The Morgan fingerprint density at radius 2 is 1.59 bits per heavy atom. The molecule has 27 heavy (non-hydrogen) atoms. The van der Waals surface area contributed by atoms with Crippen LogP contribution in [0.25, 0.3) is 0 Å². The molecule has 0 unspecified atom stereocenters. The van der Waals surface area contributed by atoms with E-state index in [0.29, 0.717) is 10.7 Å². The lowest BCUT2D eigenvalue weighted by atomic mass is 10.2. The Kier molecular flexibility index (Phi) is 5.43. The molecule has 0 bridgehead atoms. The number of rotatable bonds is 4. The van der Waals surface area contributed by atoms with Gasteiger partial charge in [0.05, 0.1) is 21.3 Å². The minimum absolute atomic E-state index is 0.168. The van der Waals surface area contributed by atoms with E-state index in [2.05, 4.69) is 15.7 Å². The third-order valence-corrected chi connectivity index (χ3v) is 4.34. The van der Waals surface area contributed by atoms with Gasteiger partial charge in [-0.05, 0) is 24.3 Å². The Hall–Kier alpha value is -2.90. The van der Waals surface area contributed by atoms with Crippen molar-refractivity contribution in [1.29, 1.82) is 0 Å². The summed E-state index contributed by atoms with van der Waals surface area (Å²) < 4.78 is 15.8. The van der Waals surface area contributed by atoms with Crippen molar-refractivity contribution in [3.63, 3.8) is 0 Å². The lowest BCUT2D eigenvalue weighted by Gasteiger charge is -2.06. The van der Waals surface area contributed by atoms with Crippen LogP contribution in [0.2, 0.25) is 10.0 Å². The van der Waals surface area contributed by atoms with Crippen LogP contribution in [0.4, 0.5) is 15.9 Å². The van der Waals surface area contributed by atoms with Crippen LogP contribution in [-0.2, 0) is 7.05 Å². The lowest BCUT2D eigenvalue weighted by Crippen LogP contribution is -2.16. The van der Waals surface area contributed by atoms with E-state index in [1.165, 1.54) is 13.1 Å². The van der Waals surface area contributed by atoms with Crippen molar-refractivity contribution < 1.29 is 14.0 Å². The van der Waals surface area contributed by atoms with Crippen molar-refractivity contribution in [3.8, 4) is 0 Å². The van der Waals surface area contributed by atoms with Crippen LogP contribution >= 0.6 is 23.2 Å². The van der Waals surface area contributed by atoms with Gasteiger partial charge < -0.3 is 10.6 Å². The summed E-state index contributed by atoms with van der Waals surface area (Å²) in [5.41, 5.74) is 0.00425. The molecule has 0 spiro atoms. The molecule has 0 fully saturated rings. The van der Waals surface area contributed by atoms with Crippen LogP contribution in [0.3, 0.4) is 0 Å². The van der Waals surface area contributed by atoms with Crippen LogP contribution in [0, 0.1) is 5.82 Å². The molecule has 2 amide bonds. The Balaban J connectivity index is 1.84. The van der Waals surface area contributed by atoms with Gasteiger partial charge in [0.25, 0.3) is 11.8 Å². The van der Waals surface area contributed by atoms with Gasteiger partial charge >= 0.3 is 0 Å². The molecule has 1 aromatic heterocycles. The van der Waals surface area contributed by atoms with E-state index in [1.807, 2.05) is 0 Å². The summed E-state index contributed by atoms with van der Waals surface area (Å²) in [6.07, 6.45) is 0. The summed E-state index contributed by atoms with van der Waals surface area (Å²) in [7, 11) is 1.40. The zero-order valence-electron chi connectivity index (χ0n) is 14.0. The average molecular weight is 407 g/mol. The number of aromatic nitrogens is 2. The van der Waals surface area contributed by atoms with Crippen molar-refractivity contribution in [2.24, 2.45) is 7.05 Å². The number of carbonyl (C=O) groups is 2. The minimum Gasteiger partial charge on any atom is -0.319 e. The topological polar surface area (TPSA) is 76.0 Å². The van der Waals surface area contributed by atoms with Crippen molar-refractivity contribution in [1.82, 2.24) is 9.78 Å². The number of aryl methyl sites for hydroxylation is 1. The highest BCUT2D eigenvalue weighted by atomic mass is 35.5. The van der Waals surface area contributed by atoms with Gasteiger partial charge in [-0.2, -0.15) is 5.10 Å². The van der Waals surface area contributed by atoms with Crippen LogP contribution < -0.4 is 10.6 Å². The number of para-hydroxylation sites is 1. The van der Waals surface area contributed by atoms with Crippen molar-refractivity contribution in [3.05, 3.63) is 75.7 Å². The molecule has 3 aromatic rings. The number of nitrogens with zero attached hydrogens (tertiary/aromatic N) is 2. The van der Waals surface area contributed by atoms with Gasteiger partial charge in [0.15, 0.2) is 17.3 Å². The Bertz CT molecular complexity index is 1040. The number of halogens is 3. The number of amides is 2. The fourth-order valence-electron chi connectivity index (χ4n) is 2.34. The van der Waals surface area contributed by atoms with Gasteiger partial charge in [0, 0.05) is 7.05 Å². The van der Waals surface area contributed by atoms with Gasteiger partial charge in [-0.1, -0.05) is 47.5 Å². The average Bonchev–Trinajstić information content (AvgIpc) is 2.92. The summed E-state index contributed by atoms with van der Waals surface area (Å²) in [5.74, 6) is -2.65. The summed E-state index contributed by atoms with van der Waals surface area (Å²) >= 11 is 12.0. The van der Waals surface area contributed by atoms with E-state index < -0.39 is 23.3 Å². The first-order valence-electron chi connectivity index (χ1n) is 7.72. The van der Waals surface area contributed by atoms with Crippen LogP contribution in [-0.4, -0.2) is 21.6 Å². The highest BCUT2D eigenvalue weighted by Crippen LogP contribution is 2.24. The first-order valence-corrected chi connectivity index (χ1v) is 8.48. The maximum Gasteiger partial charge on any atom is 0.279 e. The van der Waals surface area contributed by atoms with E-state index in [4.69, 9.17) is 23.2 Å². The number of carbonyl (C=O) groups excluding carboxylic acids is 2. The molecule has 0 radical (unpaired) electrons. The fourth-order valence-corrected chi connectivity index (χ4v) is 2.75. The van der Waals surface area contributed by atoms with Crippen LogP contribution in [0.15, 0.2) is 48.5 Å². The number of nitrogens with one attached hydrogen (secondary N) is 2. The maximum atomic E-state index is 14.7. The van der Waals surface area contributed by atoms with E-state index in [0.717, 1.165) is 4.68 Å². The lowest BCUT2D eigenvalue weighted by molar-refractivity contribution is 0.101. The molecule has 9 heteroatoms. The van der Waals surface area contributed by atoms with Gasteiger partial charge in [-0.3, -0.25) is 9.59 Å². The predicted molar refractivity (Wildman–Crippen MR) is 102 cm³/mol. The molecule has 0 aliphatic heterocycles. The van der Waals surface area contributed by atoms with E-state index in [1.54, 1.807) is 42.5 Å². The minimum atomic E-state index is -0.970. The Morgan fingerprint density at radius 3 is 2.26 bits per heavy atom. The monoisotopic (exact) mass is 406 g/mol. The molecule has 2 aromatic carbocycles. The van der Waals surface area contributed by atoms with Gasteiger partial charge in [0.2, 0.25) is 0 Å². The van der Waals surface area contributed by atoms with E-state index in [-0.39, 0.29) is 16.4 Å². The zero-order valence-corrected chi connectivity index (χ0v) is 15.5. The maximum absolute atomic E-state index is 14.7. The highest BCUT2D eigenvalue weighted by molar-refractivity contribution is 6.34. The molecule has 3 rings (SSSR count). The molecule has 0 aliphatic rings. The van der Waals surface area contributed by atoms with Crippen molar-refractivity contribution >= 4 is 46.5 Å². The van der Waals surface area contributed by atoms with Gasteiger partial charge in [0.1, 0.15) is 0 Å². The molecule has 1 heterocycles. The van der Waals surface area contributed by atoms with Gasteiger partial charge in [-0.15, -0.1) is 0 Å². The molecule has 0 saturated heterocycles. The highest BCUT2D eigenvalue weighted by Gasteiger charge is 2.24. The molecular weight excluding hydrogens is 394 g/mol. The normalized spacial score (nSPS) is 10.5. The van der Waals surface area contributed by atoms with Crippen molar-refractivity contribution in [2.45, 2.75) is 0 Å². The van der Waals surface area contributed by atoms with Crippen molar-refractivity contribution in [2.75, 3.05) is 10.6 Å². The molecule has 0 atom stereocenters. The fraction of sp³-hybridized carbons (Fsp3) is 0.0556. The summed E-state index contributed by atoms with van der Waals surface area (Å²) in [5, 5.41) is 9.22. The second-order valence-corrected chi connectivity index (χ2v) is 6.32. The second-order valence-electron chi connectivity index (χ2n) is 5.50. The molecule has 2 N–H and O–H groups in total. The first kappa shape index (κ1) is 18.9. The SMILES string of the molecule is Cn1nc(C(=O)Nc2ccccc2Cl)c(F)c1NC(=O)c1ccccc1Cl. The second kappa shape index (κ2) is 7.77. The summed E-state index contributed by atoms with van der Waals surface area (Å²) in [6.45, 7) is 0. The van der Waals surface area contributed by atoms with Gasteiger partial charge in [-0.25, -0.2) is 9.07 Å². The van der Waals surface area contributed by atoms with Crippen LogP contribution in [0.5, 0.6) is 0 Å². The standard InChI is InChI=1S/C18H13Cl2FN4O2/c1-25-16(23-17(26)10-6-2-3-7-11(10)19)14(21)15(24-25)18(27)22-13-9-5-4-8-12(13)20/h2-9H,1H3,(H,22,27)(H,23,26). The summed E-state index contributed by atoms with van der Waals surface area (Å²) in [4.78, 5) is 24.7. The number of anilines is 2. The van der Waals surface area contributed by atoms with E-state index >= 15 is 0 Å². The largest absolute Gasteiger partial charge is 0.319 e. The number of benzene rings is 2. The number of hydrogen-bond acceptors (Lipinski definition) is 3.